The fraction of sp³-hybridized carbons (Fsp3) is 0.345. The fourth-order valence-electron chi connectivity index (χ4n) is 5.20. The van der Waals surface area contributed by atoms with Crippen molar-refractivity contribution in [3.63, 3.8) is 0 Å². The molecule has 1 aliphatic heterocycles. The fourth-order valence-corrected chi connectivity index (χ4v) is 5.20. The Labute approximate surface area is 243 Å². The van der Waals surface area contributed by atoms with Gasteiger partial charge in [-0.3, -0.25) is 9.36 Å². The van der Waals surface area contributed by atoms with Crippen LogP contribution in [0.15, 0.2) is 48.7 Å². The lowest BCUT2D eigenvalue weighted by Crippen LogP contribution is -2.45. The Morgan fingerprint density at radius 3 is 2.60 bits per heavy atom. The number of carbonyl (C=O) groups excluding carboxylic acids is 2. The van der Waals surface area contributed by atoms with Crippen LogP contribution in [0.1, 0.15) is 31.2 Å². The van der Waals surface area contributed by atoms with Crippen LogP contribution in [0.25, 0.3) is 28.2 Å². The lowest BCUT2D eigenvalue weighted by molar-refractivity contribution is -0.140. The maximum Gasteiger partial charge on any atom is 0.419 e. The lowest BCUT2D eigenvalue weighted by Gasteiger charge is -2.33. The first-order chi connectivity index (χ1) is 20.6. The summed E-state index contributed by atoms with van der Waals surface area (Å²) in [6.45, 7) is 1.23. The van der Waals surface area contributed by atoms with E-state index in [0.29, 0.717) is 30.2 Å². The maximum atomic E-state index is 14.2. The molecule has 10 nitrogen and oxygen atoms in total. The van der Waals surface area contributed by atoms with E-state index in [2.05, 4.69) is 25.6 Å². The number of imidazole rings is 1. The van der Waals surface area contributed by atoms with Crippen LogP contribution in [0.3, 0.4) is 0 Å². The zero-order chi connectivity index (χ0) is 30.3. The number of aromatic nitrogens is 4. The zero-order valence-corrected chi connectivity index (χ0v) is 23.0. The first-order valence-corrected chi connectivity index (χ1v) is 13.8. The summed E-state index contributed by atoms with van der Waals surface area (Å²) in [4.78, 5) is 39.7. The van der Waals surface area contributed by atoms with Crippen LogP contribution in [0.2, 0.25) is 0 Å². The van der Waals surface area contributed by atoms with Crippen molar-refractivity contribution in [3.8, 4) is 23.0 Å². The van der Waals surface area contributed by atoms with E-state index in [9.17, 15) is 27.2 Å². The molecule has 2 aromatic carbocycles. The molecule has 224 valence electrons. The van der Waals surface area contributed by atoms with E-state index in [1.165, 1.54) is 36.0 Å². The minimum atomic E-state index is -4.92. The van der Waals surface area contributed by atoms with Crippen LogP contribution in [0.5, 0.6) is 5.75 Å². The van der Waals surface area contributed by atoms with E-state index >= 15 is 0 Å². The molecular weight excluding hydrogens is 570 g/mol. The molecule has 0 radical (unpaired) electrons. The van der Waals surface area contributed by atoms with Gasteiger partial charge in [-0.2, -0.15) is 18.2 Å². The summed E-state index contributed by atoms with van der Waals surface area (Å²) < 4.78 is 61.7. The highest BCUT2D eigenvalue weighted by atomic mass is 19.4. The molecule has 2 aromatic heterocycles. The molecule has 1 saturated carbocycles. The first-order valence-electron chi connectivity index (χ1n) is 13.8. The van der Waals surface area contributed by atoms with Gasteiger partial charge in [0.2, 0.25) is 11.9 Å². The van der Waals surface area contributed by atoms with Crippen molar-refractivity contribution < 1.29 is 31.9 Å². The smallest absolute Gasteiger partial charge is 0.410 e. The summed E-state index contributed by atoms with van der Waals surface area (Å²) in [5.74, 6) is -0.339. The number of piperidine rings is 1. The van der Waals surface area contributed by atoms with Crippen molar-refractivity contribution >= 4 is 29.0 Å². The molecule has 1 aliphatic carbocycles. The molecule has 2 N–H and O–H groups in total. The van der Waals surface area contributed by atoms with Gasteiger partial charge in [-0.15, -0.1) is 0 Å². The minimum absolute atomic E-state index is 0.00618. The third kappa shape index (κ3) is 5.94. The van der Waals surface area contributed by atoms with Gasteiger partial charge < -0.3 is 20.3 Å². The van der Waals surface area contributed by atoms with Gasteiger partial charge in [0.05, 0.1) is 16.6 Å². The van der Waals surface area contributed by atoms with Gasteiger partial charge in [-0.1, -0.05) is 0 Å². The van der Waals surface area contributed by atoms with E-state index in [1.54, 1.807) is 12.1 Å². The number of nitrogens with one attached hydrogen (secondary N) is 2. The molecule has 4 aromatic rings. The molecule has 0 unspecified atom stereocenters. The normalized spacial score (nSPS) is 17.1. The maximum absolute atomic E-state index is 14.2. The van der Waals surface area contributed by atoms with Crippen molar-refractivity contribution in [2.24, 2.45) is 5.92 Å². The number of ether oxygens (including phenoxy) is 1. The molecule has 6 rings (SSSR count). The summed E-state index contributed by atoms with van der Waals surface area (Å²) in [5, 5.41) is 5.63. The Bertz CT molecular complexity index is 1700. The monoisotopic (exact) mass is 597 g/mol. The molecule has 3 heterocycles. The van der Waals surface area contributed by atoms with Crippen molar-refractivity contribution in [2.45, 2.75) is 37.9 Å². The number of anilines is 1. The number of hydrogen-bond donors (Lipinski definition) is 2. The molecule has 0 spiro atoms. The van der Waals surface area contributed by atoms with Gasteiger partial charge in [0.1, 0.15) is 23.2 Å². The quantitative estimate of drug-likeness (QED) is 0.295. The Balaban J connectivity index is 1.39. The van der Waals surface area contributed by atoms with Gasteiger partial charge in [0.15, 0.2) is 0 Å². The SMILES string of the molecule is CNC(=O)Oc1ccc2c(c1)nc(-c1ccc(F)c(C(F)(F)F)c1)n2-c1ccnc(N[C@@H]2CCCN(C(=O)C3CC3)C2)n1. The van der Waals surface area contributed by atoms with Crippen LogP contribution in [0, 0.1) is 11.7 Å². The number of amides is 2. The van der Waals surface area contributed by atoms with Gasteiger partial charge in [0, 0.05) is 49.9 Å². The first kappa shape index (κ1) is 28.4. The second kappa shape index (κ2) is 11.2. The van der Waals surface area contributed by atoms with Crippen LogP contribution >= 0.6 is 0 Å². The van der Waals surface area contributed by atoms with Gasteiger partial charge >= 0.3 is 12.3 Å². The van der Waals surface area contributed by atoms with E-state index in [-0.39, 0.29) is 46.8 Å². The number of nitrogens with zero attached hydrogens (tertiary/aromatic N) is 5. The summed E-state index contributed by atoms with van der Waals surface area (Å²) in [7, 11) is 1.40. The summed E-state index contributed by atoms with van der Waals surface area (Å²) in [5.41, 5.74) is -0.696. The van der Waals surface area contributed by atoms with E-state index in [1.807, 2.05) is 4.90 Å². The highest BCUT2D eigenvalue weighted by Crippen LogP contribution is 2.36. The average Bonchev–Trinajstić information content (AvgIpc) is 3.77. The molecule has 2 amide bonds. The molecule has 1 saturated heterocycles. The standard InChI is InChI=1S/C29H27F4N7O3/c1-34-28(42)43-19-7-9-23-22(14-19)37-25(17-6-8-21(30)20(13-17)29(31,32)33)40(23)24-10-11-35-27(38-24)36-18-3-2-12-39(15-18)26(41)16-4-5-16/h6-11,13-14,16,18H,2-5,12,15H2,1H3,(H,34,42)(H,35,36,38)/t18-/m1/s1. The number of halogens is 4. The minimum Gasteiger partial charge on any atom is -0.410 e. The van der Waals surface area contributed by atoms with Crippen molar-refractivity contribution in [1.82, 2.24) is 29.7 Å². The van der Waals surface area contributed by atoms with Crippen LogP contribution in [-0.4, -0.2) is 62.6 Å². The largest absolute Gasteiger partial charge is 0.419 e. The molecule has 2 fully saturated rings. The second-order valence-electron chi connectivity index (χ2n) is 10.5. The van der Waals surface area contributed by atoms with Gasteiger partial charge in [-0.25, -0.2) is 19.2 Å². The zero-order valence-electron chi connectivity index (χ0n) is 23.0. The summed E-state index contributed by atoms with van der Waals surface area (Å²) in [6, 6.07) is 8.71. The topological polar surface area (TPSA) is 114 Å². The third-order valence-electron chi connectivity index (χ3n) is 7.43. The molecule has 1 atom stereocenters. The van der Waals surface area contributed by atoms with Gasteiger partial charge in [-0.05, 0) is 62.1 Å². The Morgan fingerprint density at radius 1 is 1.05 bits per heavy atom. The lowest BCUT2D eigenvalue weighted by atomic mass is 10.1. The third-order valence-corrected chi connectivity index (χ3v) is 7.43. The van der Waals surface area contributed by atoms with Crippen LogP contribution < -0.4 is 15.4 Å². The number of benzene rings is 2. The van der Waals surface area contributed by atoms with Crippen molar-refractivity contribution in [3.05, 3.63) is 60.0 Å². The van der Waals surface area contributed by atoms with Crippen molar-refractivity contribution in [2.75, 3.05) is 25.5 Å². The van der Waals surface area contributed by atoms with E-state index in [0.717, 1.165) is 31.7 Å². The predicted octanol–water partition coefficient (Wildman–Crippen LogP) is 5.17. The number of hydrogen-bond acceptors (Lipinski definition) is 7. The van der Waals surface area contributed by atoms with E-state index < -0.39 is 23.7 Å². The summed E-state index contributed by atoms with van der Waals surface area (Å²) >= 11 is 0. The highest BCUT2D eigenvalue weighted by Gasteiger charge is 2.36. The number of likely N-dealkylation sites (tertiary alicyclic amines) is 1. The Kier molecular flexibility index (Phi) is 7.36. The van der Waals surface area contributed by atoms with Crippen LogP contribution in [0.4, 0.5) is 28.3 Å². The summed E-state index contributed by atoms with van der Waals surface area (Å²) in [6.07, 6.45) is -0.629. The van der Waals surface area contributed by atoms with E-state index in [4.69, 9.17) is 4.74 Å². The molecule has 2 aliphatic rings. The molecule has 0 bridgehead atoms. The Hall–Kier alpha value is -4.75. The number of carbonyl (C=O) groups is 2. The predicted molar refractivity (Wildman–Crippen MR) is 148 cm³/mol. The average molecular weight is 598 g/mol. The number of alkyl halides is 3. The molecule has 14 heteroatoms. The highest BCUT2D eigenvalue weighted by molar-refractivity contribution is 5.85. The van der Waals surface area contributed by atoms with Crippen molar-refractivity contribution in [1.29, 1.82) is 0 Å². The number of rotatable bonds is 6. The molecule has 43 heavy (non-hydrogen) atoms. The van der Waals surface area contributed by atoms with Gasteiger partial charge in [0.25, 0.3) is 0 Å². The molecular formula is C29H27F4N7O3. The second-order valence-corrected chi connectivity index (χ2v) is 10.5. The Morgan fingerprint density at radius 2 is 1.86 bits per heavy atom. The van der Waals surface area contributed by atoms with Crippen LogP contribution in [-0.2, 0) is 11.0 Å². The number of fused-ring (bicyclic) bond motifs is 1.